The van der Waals surface area contributed by atoms with Crippen molar-refractivity contribution in [2.45, 2.75) is 65.3 Å². The SMILES string of the molecule is CCOC(=O)C(C)(CN(CC(F)(F)F)C(C)C)NC(C)C. The van der Waals surface area contributed by atoms with Crippen LogP contribution in [0.5, 0.6) is 0 Å². The molecule has 1 atom stereocenters. The number of ether oxygens (including phenoxy) is 1. The third-order valence-corrected chi connectivity index (χ3v) is 2.97. The molecule has 0 aliphatic rings. The highest BCUT2D eigenvalue weighted by Gasteiger charge is 2.41. The minimum absolute atomic E-state index is 0.0562. The number of nitrogens with one attached hydrogen (secondary N) is 1. The van der Waals surface area contributed by atoms with Gasteiger partial charge in [0.1, 0.15) is 5.54 Å². The van der Waals surface area contributed by atoms with Gasteiger partial charge >= 0.3 is 12.1 Å². The molecular weight excluding hydrogens is 285 g/mol. The van der Waals surface area contributed by atoms with E-state index in [1.54, 1.807) is 27.7 Å². The molecule has 0 bridgehead atoms. The zero-order valence-electron chi connectivity index (χ0n) is 13.7. The van der Waals surface area contributed by atoms with Crippen LogP contribution in [0.25, 0.3) is 0 Å². The number of halogens is 3. The molecule has 126 valence electrons. The number of nitrogens with zero attached hydrogens (tertiary/aromatic N) is 1. The van der Waals surface area contributed by atoms with Crippen LogP contribution in [0.4, 0.5) is 13.2 Å². The normalized spacial score (nSPS) is 15.6. The van der Waals surface area contributed by atoms with E-state index in [9.17, 15) is 18.0 Å². The van der Waals surface area contributed by atoms with Gasteiger partial charge in [-0.15, -0.1) is 0 Å². The molecule has 0 fully saturated rings. The summed E-state index contributed by atoms with van der Waals surface area (Å²) in [5.74, 6) is -0.536. The summed E-state index contributed by atoms with van der Waals surface area (Å²) in [7, 11) is 0. The number of esters is 1. The maximum absolute atomic E-state index is 12.7. The molecule has 4 nitrogen and oxygen atoms in total. The van der Waals surface area contributed by atoms with E-state index in [1.807, 2.05) is 13.8 Å². The molecular formula is C14H27F3N2O2. The third-order valence-electron chi connectivity index (χ3n) is 2.97. The molecule has 0 amide bonds. The first-order chi connectivity index (χ1) is 9.41. The van der Waals surface area contributed by atoms with Crippen LogP contribution < -0.4 is 5.32 Å². The Bertz CT molecular complexity index is 333. The second-order valence-electron chi connectivity index (χ2n) is 5.97. The van der Waals surface area contributed by atoms with E-state index in [-0.39, 0.29) is 25.2 Å². The Morgan fingerprint density at radius 3 is 2.05 bits per heavy atom. The fraction of sp³-hybridized carbons (Fsp3) is 0.929. The van der Waals surface area contributed by atoms with Gasteiger partial charge in [0.15, 0.2) is 0 Å². The zero-order valence-corrected chi connectivity index (χ0v) is 13.7. The molecule has 0 heterocycles. The lowest BCUT2D eigenvalue weighted by molar-refractivity contribution is -0.161. The van der Waals surface area contributed by atoms with E-state index in [2.05, 4.69) is 5.32 Å². The van der Waals surface area contributed by atoms with Crippen molar-refractivity contribution in [3.05, 3.63) is 0 Å². The summed E-state index contributed by atoms with van der Waals surface area (Å²) in [5, 5.41) is 3.03. The van der Waals surface area contributed by atoms with Crippen molar-refractivity contribution in [3.8, 4) is 0 Å². The van der Waals surface area contributed by atoms with E-state index in [0.29, 0.717) is 0 Å². The van der Waals surface area contributed by atoms with Gasteiger partial charge in [-0.05, 0) is 41.5 Å². The molecule has 21 heavy (non-hydrogen) atoms. The second-order valence-corrected chi connectivity index (χ2v) is 5.97. The van der Waals surface area contributed by atoms with Crippen LogP contribution in [0.2, 0.25) is 0 Å². The lowest BCUT2D eigenvalue weighted by Crippen LogP contribution is -2.61. The predicted molar refractivity (Wildman–Crippen MR) is 76.1 cm³/mol. The lowest BCUT2D eigenvalue weighted by atomic mass is 9.99. The summed E-state index contributed by atoms with van der Waals surface area (Å²) in [6, 6.07) is -0.395. The average Bonchev–Trinajstić information content (AvgIpc) is 2.25. The van der Waals surface area contributed by atoms with Crippen LogP contribution in [0, 0.1) is 0 Å². The largest absolute Gasteiger partial charge is 0.465 e. The Morgan fingerprint density at radius 2 is 1.71 bits per heavy atom. The minimum atomic E-state index is -4.31. The van der Waals surface area contributed by atoms with Gasteiger partial charge in [-0.1, -0.05) is 0 Å². The molecule has 1 N–H and O–H groups in total. The maximum atomic E-state index is 12.7. The quantitative estimate of drug-likeness (QED) is 0.700. The van der Waals surface area contributed by atoms with Crippen molar-refractivity contribution in [1.82, 2.24) is 10.2 Å². The Labute approximate surface area is 125 Å². The van der Waals surface area contributed by atoms with Gasteiger partial charge in [-0.2, -0.15) is 13.2 Å². The van der Waals surface area contributed by atoms with Gasteiger partial charge in [-0.25, -0.2) is 0 Å². The Morgan fingerprint density at radius 1 is 1.19 bits per heavy atom. The highest BCUT2D eigenvalue weighted by molar-refractivity contribution is 5.80. The number of hydrogen-bond acceptors (Lipinski definition) is 4. The summed E-state index contributed by atoms with van der Waals surface area (Å²) in [6.45, 7) is 9.33. The van der Waals surface area contributed by atoms with E-state index < -0.39 is 24.2 Å². The van der Waals surface area contributed by atoms with Crippen LogP contribution >= 0.6 is 0 Å². The molecule has 0 aromatic rings. The van der Waals surface area contributed by atoms with Crippen LogP contribution in [-0.2, 0) is 9.53 Å². The summed E-state index contributed by atoms with van der Waals surface area (Å²) >= 11 is 0. The molecule has 0 radical (unpaired) electrons. The fourth-order valence-electron chi connectivity index (χ4n) is 2.15. The molecule has 0 aromatic heterocycles. The van der Waals surface area contributed by atoms with Crippen molar-refractivity contribution in [2.75, 3.05) is 19.7 Å². The minimum Gasteiger partial charge on any atom is -0.465 e. The summed E-state index contributed by atoms with van der Waals surface area (Å²) in [5.41, 5.74) is -1.18. The molecule has 0 saturated carbocycles. The topological polar surface area (TPSA) is 41.6 Å². The van der Waals surface area contributed by atoms with E-state index in [0.717, 1.165) is 0 Å². The average molecular weight is 312 g/mol. The van der Waals surface area contributed by atoms with Crippen LogP contribution in [0.15, 0.2) is 0 Å². The zero-order chi connectivity index (χ0) is 16.8. The van der Waals surface area contributed by atoms with Gasteiger partial charge < -0.3 is 4.74 Å². The monoisotopic (exact) mass is 312 g/mol. The number of hydrogen-bond donors (Lipinski definition) is 1. The molecule has 0 rings (SSSR count). The standard InChI is InChI=1S/C14H27F3N2O2/c1-7-21-12(20)13(6,18-10(2)3)8-19(11(4)5)9-14(15,16)17/h10-11,18H,7-9H2,1-6H3. The Hall–Kier alpha value is -0.820. The van der Waals surface area contributed by atoms with Crippen molar-refractivity contribution in [3.63, 3.8) is 0 Å². The number of carbonyl (C=O) groups excluding carboxylic acids is 1. The molecule has 0 aliphatic heterocycles. The number of rotatable bonds is 8. The van der Waals surface area contributed by atoms with Gasteiger partial charge in [0.05, 0.1) is 13.2 Å². The van der Waals surface area contributed by atoms with Crippen molar-refractivity contribution in [1.29, 1.82) is 0 Å². The lowest BCUT2D eigenvalue weighted by Gasteiger charge is -2.37. The molecule has 1 unspecified atom stereocenters. The van der Waals surface area contributed by atoms with Gasteiger partial charge in [0.2, 0.25) is 0 Å². The number of carbonyl (C=O) groups is 1. The first kappa shape index (κ1) is 20.2. The van der Waals surface area contributed by atoms with E-state index in [4.69, 9.17) is 4.74 Å². The summed E-state index contributed by atoms with van der Waals surface area (Å²) < 4.78 is 43.0. The number of alkyl halides is 3. The van der Waals surface area contributed by atoms with Crippen LogP contribution in [-0.4, -0.2) is 54.4 Å². The molecule has 0 aromatic carbocycles. The van der Waals surface area contributed by atoms with Crippen molar-refractivity contribution in [2.24, 2.45) is 0 Å². The Kier molecular flexibility index (Phi) is 7.67. The fourth-order valence-corrected chi connectivity index (χ4v) is 2.15. The van der Waals surface area contributed by atoms with E-state index in [1.165, 1.54) is 4.90 Å². The highest BCUT2D eigenvalue weighted by atomic mass is 19.4. The van der Waals surface area contributed by atoms with Crippen molar-refractivity contribution < 1.29 is 22.7 Å². The van der Waals surface area contributed by atoms with Crippen molar-refractivity contribution >= 4 is 5.97 Å². The summed E-state index contributed by atoms with van der Waals surface area (Å²) in [6.07, 6.45) is -4.31. The third kappa shape index (κ3) is 7.66. The highest BCUT2D eigenvalue weighted by Crippen LogP contribution is 2.21. The summed E-state index contributed by atoms with van der Waals surface area (Å²) in [4.78, 5) is 13.4. The first-order valence-corrected chi connectivity index (χ1v) is 7.17. The maximum Gasteiger partial charge on any atom is 0.401 e. The van der Waals surface area contributed by atoms with Gasteiger partial charge in [0.25, 0.3) is 0 Å². The molecule has 0 saturated heterocycles. The van der Waals surface area contributed by atoms with Gasteiger partial charge in [-0.3, -0.25) is 15.0 Å². The smallest absolute Gasteiger partial charge is 0.401 e. The molecule has 7 heteroatoms. The molecule has 0 spiro atoms. The Balaban J connectivity index is 5.18. The molecule has 0 aliphatic carbocycles. The van der Waals surface area contributed by atoms with Crippen LogP contribution in [0.1, 0.15) is 41.5 Å². The first-order valence-electron chi connectivity index (χ1n) is 7.17. The van der Waals surface area contributed by atoms with Crippen LogP contribution in [0.3, 0.4) is 0 Å². The second kappa shape index (κ2) is 7.98. The van der Waals surface area contributed by atoms with E-state index >= 15 is 0 Å². The van der Waals surface area contributed by atoms with Gasteiger partial charge in [0, 0.05) is 18.6 Å². The predicted octanol–water partition coefficient (Wildman–Crippen LogP) is 2.58.